The molecule has 0 saturated carbocycles. The summed E-state index contributed by atoms with van der Waals surface area (Å²) in [7, 11) is 0. The Balaban J connectivity index is 0.792. The van der Waals surface area contributed by atoms with Crippen molar-refractivity contribution in [2.45, 2.75) is 0 Å². The van der Waals surface area contributed by atoms with E-state index in [0.29, 0.717) is 11.8 Å². The fourth-order valence-electron chi connectivity index (χ4n) is 9.41. The molecule has 13 rings (SSSR count). The molecule has 6 heteroatoms. The molecule has 2 heterocycles. The van der Waals surface area contributed by atoms with Gasteiger partial charge in [-0.15, -0.1) is 0 Å². The minimum Gasteiger partial charge on any atom is -0.436 e. The average Bonchev–Trinajstić information content (AvgIpc) is 4.05. The Morgan fingerprint density at radius 1 is 0.250 bits per heavy atom. The molecule has 0 aliphatic rings. The topological polar surface area (TPSA) is 58.5 Å². The van der Waals surface area contributed by atoms with E-state index in [1.54, 1.807) is 0 Å². The lowest BCUT2D eigenvalue weighted by Gasteiger charge is -2.26. The van der Waals surface area contributed by atoms with Crippen molar-refractivity contribution in [1.29, 1.82) is 0 Å². The van der Waals surface area contributed by atoms with E-state index in [1.165, 1.54) is 10.8 Å². The van der Waals surface area contributed by atoms with E-state index in [9.17, 15) is 0 Å². The van der Waals surface area contributed by atoms with Gasteiger partial charge in [0.25, 0.3) is 0 Å². The van der Waals surface area contributed by atoms with Gasteiger partial charge < -0.3 is 18.6 Å². The summed E-state index contributed by atoms with van der Waals surface area (Å²) < 4.78 is 12.2. The number of para-hydroxylation sites is 6. The molecule has 0 fully saturated rings. The van der Waals surface area contributed by atoms with Gasteiger partial charge in [0.05, 0.1) is 0 Å². The molecule has 0 atom stereocenters. The molecule has 0 saturated heterocycles. The van der Waals surface area contributed by atoms with Crippen LogP contribution in [0.1, 0.15) is 0 Å². The number of nitrogens with zero attached hydrogens (tertiary/aromatic N) is 4. The molecule has 0 aliphatic carbocycles. The van der Waals surface area contributed by atoms with Crippen LogP contribution in [0.2, 0.25) is 0 Å². The van der Waals surface area contributed by atoms with Crippen LogP contribution in [-0.2, 0) is 0 Å². The fourth-order valence-corrected chi connectivity index (χ4v) is 9.41. The Labute approximate surface area is 392 Å². The van der Waals surface area contributed by atoms with Crippen molar-refractivity contribution in [2.75, 3.05) is 9.80 Å². The predicted octanol–water partition coefficient (Wildman–Crippen LogP) is 17.4. The van der Waals surface area contributed by atoms with Crippen LogP contribution in [0.3, 0.4) is 0 Å². The zero-order chi connectivity index (χ0) is 45.0. The fraction of sp³-hybridized carbons (Fsp3) is 0. The molecule has 0 spiro atoms. The predicted molar refractivity (Wildman–Crippen MR) is 280 cm³/mol. The number of hydrogen-bond acceptors (Lipinski definition) is 6. The van der Waals surface area contributed by atoms with Crippen LogP contribution in [0.25, 0.3) is 88.6 Å². The van der Waals surface area contributed by atoms with Gasteiger partial charge in [-0.05, 0) is 171 Å². The third kappa shape index (κ3) is 7.18. The van der Waals surface area contributed by atoms with Gasteiger partial charge in [-0.3, -0.25) is 0 Å². The number of anilines is 6. The van der Waals surface area contributed by atoms with Gasteiger partial charge in [0.1, 0.15) is 11.0 Å². The first-order chi connectivity index (χ1) is 33.6. The Kier molecular flexibility index (Phi) is 9.39. The minimum absolute atomic E-state index is 0.625. The molecule has 0 radical (unpaired) electrons. The first-order valence-electron chi connectivity index (χ1n) is 22.8. The lowest BCUT2D eigenvalue weighted by atomic mass is 9.99. The highest BCUT2D eigenvalue weighted by molar-refractivity contribution is 5.96. The first-order valence-corrected chi connectivity index (χ1v) is 22.8. The summed E-state index contributed by atoms with van der Waals surface area (Å²) >= 11 is 0. The maximum atomic E-state index is 6.10. The second-order valence-electron chi connectivity index (χ2n) is 17.1. The average molecular weight is 873 g/mol. The number of rotatable bonds is 9. The molecule has 0 aliphatic heterocycles. The van der Waals surface area contributed by atoms with E-state index in [0.717, 1.165) is 100 Å². The molecule has 0 N–H and O–H groups in total. The van der Waals surface area contributed by atoms with Gasteiger partial charge >= 0.3 is 0 Å². The minimum atomic E-state index is 0.625. The molecule has 2 aromatic heterocycles. The lowest BCUT2D eigenvalue weighted by Crippen LogP contribution is -2.09. The highest BCUT2D eigenvalue weighted by Crippen LogP contribution is 2.41. The van der Waals surface area contributed by atoms with Gasteiger partial charge in [-0.2, -0.15) is 0 Å². The van der Waals surface area contributed by atoms with Crippen molar-refractivity contribution >= 4 is 88.6 Å². The summed E-state index contributed by atoms with van der Waals surface area (Å²) in [5.74, 6) is 1.25. The van der Waals surface area contributed by atoms with Crippen molar-refractivity contribution in [2.24, 2.45) is 0 Å². The quantitative estimate of drug-likeness (QED) is 0.144. The molecule has 11 aromatic carbocycles. The van der Waals surface area contributed by atoms with E-state index < -0.39 is 0 Å². The Morgan fingerprint density at radius 3 is 1.03 bits per heavy atom. The number of aromatic nitrogens is 2. The third-order valence-corrected chi connectivity index (χ3v) is 12.8. The maximum Gasteiger partial charge on any atom is 0.227 e. The van der Waals surface area contributed by atoms with Crippen LogP contribution < -0.4 is 9.80 Å². The number of hydrogen-bond donors (Lipinski definition) is 0. The molecule has 6 nitrogen and oxygen atoms in total. The standard InChI is InChI=1S/C62H40N4O2/c1-3-11-51(12-4-1)65(54-32-28-44-36-49(23-21-47(44)38-54)61-63-57-15-7-9-17-59(57)67-61)53-30-25-41(26-31-53)42-19-20-46-39-55(33-27-43(46)35-42)66(52-13-5-2-6-14-52)56-34-29-45-37-50(24-22-48(45)40-56)62-64-58-16-8-10-18-60(58)68-62/h1-40H. The van der Waals surface area contributed by atoms with E-state index in [-0.39, 0.29) is 0 Å². The summed E-state index contributed by atoms with van der Waals surface area (Å²) in [6, 6.07) is 85.3. The monoisotopic (exact) mass is 872 g/mol. The van der Waals surface area contributed by atoms with E-state index in [4.69, 9.17) is 18.8 Å². The van der Waals surface area contributed by atoms with E-state index in [1.807, 2.05) is 48.5 Å². The first kappa shape index (κ1) is 39.1. The van der Waals surface area contributed by atoms with Crippen LogP contribution in [0, 0.1) is 0 Å². The van der Waals surface area contributed by atoms with Crippen LogP contribution in [0.5, 0.6) is 0 Å². The molecule has 320 valence electrons. The van der Waals surface area contributed by atoms with Crippen LogP contribution in [-0.4, -0.2) is 9.97 Å². The second-order valence-corrected chi connectivity index (χ2v) is 17.1. The van der Waals surface area contributed by atoms with Gasteiger partial charge in [-0.25, -0.2) is 9.97 Å². The normalized spacial score (nSPS) is 11.5. The summed E-state index contributed by atoms with van der Waals surface area (Å²) in [5.41, 5.74) is 14.0. The summed E-state index contributed by atoms with van der Waals surface area (Å²) in [6.07, 6.45) is 0. The van der Waals surface area contributed by atoms with Gasteiger partial charge in [0, 0.05) is 45.3 Å². The molecule has 13 aromatic rings. The molecule has 0 unspecified atom stereocenters. The molecular formula is C62H40N4O2. The number of oxazole rings is 2. The largest absolute Gasteiger partial charge is 0.436 e. The van der Waals surface area contributed by atoms with Crippen molar-refractivity contribution in [3.63, 3.8) is 0 Å². The molecular weight excluding hydrogens is 833 g/mol. The molecule has 0 bridgehead atoms. The van der Waals surface area contributed by atoms with Crippen LogP contribution >= 0.6 is 0 Å². The Hall–Kier alpha value is -9.26. The van der Waals surface area contributed by atoms with Crippen molar-refractivity contribution in [1.82, 2.24) is 9.97 Å². The van der Waals surface area contributed by atoms with Crippen molar-refractivity contribution in [3.8, 4) is 34.0 Å². The van der Waals surface area contributed by atoms with Gasteiger partial charge in [0.2, 0.25) is 11.8 Å². The maximum absolute atomic E-state index is 6.10. The molecule has 0 amide bonds. The van der Waals surface area contributed by atoms with E-state index >= 15 is 0 Å². The zero-order valence-corrected chi connectivity index (χ0v) is 36.7. The lowest BCUT2D eigenvalue weighted by molar-refractivity contribution is 0.619. The smallest absolute Gasteiger partial charge is 0.227 e. The molecule has 68 heavy (non-hydrogen) atoms. The van der Waals surface area contributed by atoms with Crippen LogP contribution in [0.4, 0.5) is 34.1 Å². The zero-order valence-electron chi connectivity index (χ0n) is 36.7. The van der Waals surface area contributed by atoms with Crippen molar-refractivity contribution in [3.05, 3.63) is 243 Å². The Bertz CT molecular complexity index is 3930. The van der Waals surface area contributed by atoms with E-state index in [2.05, 4.69) is 204 Å². The Morgan fingerprint density at radius 2 is 0.574 bits per heavy atom. The SMILES string of the molecule is c1ccc(N(c2ccc(-c3ccc4cc(N(c5ccccc5)c5ccc6cc(-c7nc8ccccc8o7)ccc6c5)ccc4c3)cc2)c2ccc3cc(-c4nc5ccccc5o4)ccc3c2)cc1. The summed E-state index contributed by atoms with van der Waals surface area (Å²) in [4.78, 5) is 14.1. The highest BCUT2D eigenvalue weighted by atomic mass is 16.4. The van der Waals surface area contributed by atoms with Gasteiger partial charge in [0.15, 0.2) is 11.2 Å². The summed E-state index contributed by atoms with van der Waals surface area (Å²) in [5, 5.41) is 6.85. The third-order valence-electron chi connectivity index (χ3n) is 12.8. The second kappa shape index (κ2) is 16.3. The van der Waals surface area contributed by atoms with Gasteiger partial charge in [-0.1, -0.05) is 115 Å². The van der Waals surface area contributed by atoms with Crippen molar-refractivity contribution < 1.29 is 8.83 Å². The summed E-state index contributed by atoms with van der Waals surface area (Å²) in [6.45, 7) is 0. The highest BCUT2D eigenvalue weighted by Gasteiger charge is 2.17. The number of fused-ring (bicyclic) bond motifs is 5. The number of benzene rings is 11. The van der Waals surface area contributed by atoms with Crippen LogP contribution in [0.15, 0.2) is 251 Å².